The summed E-state index contributed by atoms with van der Waals surface area (Å²) >= 11 is 0. The molecular weight excluding hydrogens is 540 g/mol. The molecule has 0 spiro atoms. The summed E-state index contributed by atoms with van der Waals surface area (Å²) in [5, 5.41) is 8.67. The van der Waals surface area contributed by atoms with E-state index in [-0.39, 0.29) is 41.6 Å². The molecule has 2 fully saturated rings. The lowest BCUT2D eigenvalue weighted by Crippen LogP contribution is -2.51. The molecule has 1 aliphatic carbocycles. The van der Waals surface area contributed by atoms with Crippen molar-refractivity contribution in [1.82, 2.24) is 30.0 Å². The van der Waals surface area contributed by atoms with Crippen LogP contribution in [0.25, 0.3) is 22.0 Å². The van der Waals surface area contributed by atoms with Crippen molar-refractivity contribution in [1.29, 1.82) is 0 Å². The number of aromatic nitrogens is 4. The lowest BCUT2D eigenvalue weighted by molar-refractivity contribution is -0.140. The van der Waals surface area contributed by atoms with Crippen LogP contribution < -0.4 is 5.32 Å². The fourth-order valence-electron chi connectivity index (χ4n) is 6.83. The molecule has 3 aromatic rings. The lowest BCUT2D eigenvalue weighted by atomic mass is 9.95. The van der Waals surface area contributed by atoms with Crippen molar-refractivity contribution in [2.24, 2.45) is 17.3 Å². The third kappa shape index (κ3) is 6.36. The van der Waals surface area contributed by atoms with Crippen LogP contribution in [0, 0.1) is 31.1 Å². The lowest BCUT2D eigenvalue weighted by Gasteiger charge is -2.30. The minimum Gasteiger partial charge on any atom is -0.352 e. The largest absolute Gasteiger partial charge is 0.352 e. The fraction of sp³-hybridized carbons (Fsp3) is 0.588. The van der Waals surface area contributed by atoms with Crippen LogP contribution in [0.3, 0.4) is 0 Å². The summed E-state index contributed by atoms with van der Waals surface area (Å²) in [7, 11) is 0. The minimum absolute atomic E-state index is 0.0270. The average Bonchev–Trinajstić information content (AvgIpc) is 3.28. The Hall–Kier alpha value is -3.62. The number of carbonyl (C=O) groups is 3. The Kier molecular flexibility index (Phi) is 8.47. The molecule has 230 valence electrons. The highest BCUT2D eigenvalue weighted by molar-refractivity contribution is 6.07. The first-order valence-corrected chi connectivity index (χ1v) is 15.7. The van der Waals surface area contributed by atoms with E-state index >= 15 is 0 Å². The van der Waals surface area contributed by atoms with Gasteiger partial charge in [-0.05, 0) is 86.5 Å². The Balaban J connectivity index is 1.42. The number of hydrogen-bond donors (Lipinski definition) is 1. The number of likely N-dealkylation sites (tertiary alicyclic amines) is 1. The molecule has 0 radical (unpaired) electrons. The van der Waals surface area contributed by atoms with Gasteiger partial charge in [0.05, 0.1) is 5.52 Å². The highest BCUT2D eigenvalue weighted by atomic mass is 16.2. The van der Waals surface area contributed by atoms with Crippen molar-refractivity contribution >= 4 is 28.5 Å². The predicted molar refractivity (Wildman–Crippen MR) is 167 cm³/mol. The number of ketones is 1. The van der Waals surface area contributed by atoms with Crippen LogP contribution in [0.15, 0.2) is 24.5 Å². The van der Waals surface area contributed by atoms with Gasteiger partial charge in [0.25, 0.3) is 0 Å². The molecule has 2 amide bonds. The zero-order valence-electron chi connectivity index (χ0n) is 26.9. The van der Waals surface area contributed by atoms with Crippen LogP contribution >= 0.6 is 0 Å². The molecule has 1 saturated heterocycles. The van der Waals surface area contributed by atoms with E-state index in [0.29, 0.717) is 35.2 Å². The second-order valence-corrected chi connectivity index (χ2v) is 14.0. The Morgan fingerprint density at radius 2 is 1.70 bits per heavy atom. The summed E-state index contributed by atoms with van der Waals surface area (Å²) in [5.41, 5.74) is 3.68. The quantitative estimate of drug-likeness (QED) is 0.291. The van der Waals surface area contributed by atoms with Gasteiger partial charge in [-0.15, -0.1) is 0 Å². The molecule has 4 atom stereocenters. The highest BCUT2D eigenvalue weighted by Crippen LogP contribution is 2.59. The van der Waals surface area contributed by atoms with E-state index < -0.39 is 6.04 Å². The predicted octanol–water partition coefficient (Wildman–Crippen LogP) is 5.66. The number of carbonyl (C=O) groups excluding carboxylic acids is 3. The Morgan fingerprint density at radius 3 is 2.33 bits per heavy atom. The van der Waals surface area contributed by atoms with Crippen molar-refractivity contribution in [3.63, 3.8) is 0 Å². The zero-order chi connectivity index (χ0) is 31.2. The summed E-state index contributed by atoms with van der Waals surface area (Å²) in [6, 6.07) is 3.60. The maximum absolute atomic E-state index is 14.0. The number of piperidine rings is 1. The second-order valence-electron chi connectivity index (χ2n) is 14.0. The van der Waals surface area contributed by atoms with Crippen LogP contribution in [-0.4, -0.2) is 60.4 Å². The van der Waals surface area contributed by atoms with Gasteiger partial charge in [0, 0.05) is 42.4 Å². The second kappa shape index (κ2) is 11.8. The molecule has 2 aliphatic rings. The van der Waals surface area contributed by atoms with Crippen molar-refractivity contribution in [2.45, 2.75) is 112 Å². The fourth-order valence-corrected chi connectivity index (χ4v) is 6.83. The summed E-state index contributed by atoms with van der Waals surface area (Å²) in [6.07, 6.45) is 8.02. The van der Waals surface area contributed by atoms with Gasteiger partial charge in [0.2, 0.25) is 11.8 Å². The number of fused-ring (bicyclic) bond motifs is 2. The van der Waals surface area contributed by atoms with E-state index in [1.54, 1.807) is 17.1 Å². The highest BCUT2D eigenvalue weighted by Gasteiger charge is 2.64. The first kappa shape index (κ1) is 30.8. The van der Waals surface area contributed by atoms with E-state index in [9.17, 15) is 14.4 Å². The first-order valence-electron chi connectivity index (χ1n) is 15.7. The van der Waals surface area contributed by atoms with Crippen LogP contribution in [0.5, 0.6) is 0 Å². The molecule has 9 heteroatoms. The molecule has 1 N–H and O–H groups in total. The summed E-state index contributed by atoms with van der Waals surface area (Å²) < 4.78 is 1.65. The van der Waals surface area contributed by atoms with Gasteiger partial charge in [0.15, 0.2) is 5.78 Å². The van der Waals surface area contributed by atoms with Gasteiger partial charge >= 0.3 is 0 Å². The van der Waals surface area contributed by atoms with E-state index in [0.717, 1.165) is 47.9 Å². The number of aryl methyl sites for hydroxylation is 2. The summed E-state index contributed by atoms with van der Waals surface area (Å²) in [6.45, 7) is 16.2. The Labute approximate surface area is 254 Å². The molecule has 0 bridgehead atoms. The topological polar surface area (TPSA) is 110 Å². The average molecular weight is 587 g/mol. The van der Waals surface area contributed by atoms with Crippen molar-refractivity contribution < 1.29 is 14.4 Å². The number of hydrogen-bond acceptors (Lipinski definition) is 6. The summed E-state index contributed by atoms with van der Waals surface area (Å²) in [4.78, 5) is 50.9. The van der Waals surface area contributed by atoms with Gasteiger partial charge in [-0.1, -0.05) is 34.6 Å². The first-order chi connectivity index (χ1) is 20.3. The number of nitrogens with one attached hydrogen (secondary N) is 1. The molecule has 2 aromatic heterocycles. The third-order valence-electron chi connectivity index (χ3n) is 9.19. The number of benzene rings is 1. The van der Waals surface area contributed by atoms with E-state index in [1.165, 1.54) is 6.92 Å². The van der Waals surface area contributed by atoms with E-state index in [2.05, 4.69) is 55.0 Å². The zero-order valence-corrected chi connectivity index (χ0v) is 26.9. The van der Waals surface area contributed by atoms with Gasteiger partial charge in [-0.25, -0.2) is 9.97 Å². The third-order valence-corrected chi connectivity index (χ3v) is 9.19. The number of Topliss-reactive ketones (excluding diaryl/α,β-unsaturated/α-hetero) is 1. The molecule has 1 aromatic carbocycles. The Morgan fingerprint density at radius 1 is 1.00 bits per heavy atom. The van der Waals surface area contributed by atoms with E-state index in [1.807, 2.05) is 30.9 Å². The molecule has 5 rings (SSSR count). The maximum atomic E-state index is 14.0. The van der Waals surface area contributed by atoms with Gasteiger partial charge in [-0.2, -0.15) is 5.10 Å². The van der Waals surface area contributed by atoms with Crippen molar-refractivity contribution in [2.75, 3.05) is 0 Å². The molecule has 3 heterocycles. The van der Waals surface area contributed by atoms with Crippen LogP contribution in [0.2, 0.25) is 0 Å². The van der Waals surface area contributed by atoms with Gasteiger partial charge in [0.1, 0.15) is 24.1 Å². The molecular formula is C34H46N6O3. The normalized spacial score (nSPS) is 21.9. The number of rotatable bonds is 11. The van der Waals surface area contributed by atoms with E-state index in [4.69, 9.17) is 0 Å². The van der Waals surface area contributed by atoms with Crippen molar-refractivity contribution in [3.8, 4) is 11.1 Å². The molecule has 1 aliphatic heterocycles. The molecule has 9 nitrogen and oxygen atoms in total. The number of amides is 2. The van der Waals surface area contributed by atoms with Gasteiger partial charge in [-0.3, -0.25) is 19.1 Å². The standard InChI is InChI=1S/C34H46N6O3/c1-19(2)9-10-26(11-20(3)4)37-33(43)28-14-34(8)15-29(34)40(28)30(42)18-39-32-21(5)12-24(25-16-35-23(7)36-17-25)13-27(32)31(38-39)22(6)41/h12-13,16-17,19-20,26,28-29H,9-11,14-15,18H2,1-8H3,(H,37,43)/t26-,28-,29?,34-/m0/s1. The maximum Gasteiger partial charge on any atom is 0.245 e. The van der Waals surface area contributed by atoms with Crippen LogP contribution in [-0.2, 0) is 16.1 Å². The summed E-state index contributed by atoms with van der Waals surface area (Å²) in [5.74, 6) is 1.37. The minimum atomic E-state index is -0.492. The SMILES string of the molecule is CC(=O)c1nn(CC(=O)N2C3C[C@]3(C)C[C@H]2C(=O)N[C@@H](CCC(C)C)CC(C)C)c2c(C)cc(-c3cnc(C)nc3)cc12. The molecule has 1 unspecified atom stereocenters. The Bertz CT molecular complexity index is 1540. The monoisotopic (exact) mass is 586 g/mol. The van der Waals surface area contributed by atoms with Crippen LogP contribution in [0.4, 0.5) is 0 Å². The van der Waals surface area contributed by atoms with Gasteiger partial charge < -0.3 is 10.2 Å². The molecule has 43 heavy (non-hydrogen) atoms. The van der Waals surface area contributed by atoms with Crippen molar-refractivity contribution in [3.05, 3.63) is 41.6 Å². The smallest absolute Gasteiger partial charge is 0.245 e. The van der Waals surface area contributed by atoms with Crippen LogP contribution in [0.1, 0.15) is 95.5 Å². The number of nitrogens with zero attached hydrogens (tertiary/aromatic N) is 5. The molecule has 1 saturated carbocycles.